The summed E-state index contributed by atoms with van der Waals surface area (Å²) in [5, 5.41) is 2.70. The largest absolute Gasteiger partial charge is 0.464 e. The van der Waals surface area contributed by atoms with Gasteiger partial charge in [-0.1, -0.05) is 133 Å². The van der Waals surface area contributed by atoms with E-state index in [2.05, 4.69) is 67.8 Å². The molecule has 0 saturated heterocycles. The first-order valence-electron chi connectivity index (χ1n) is 17.7. The van der Waals surface area contributed by atoms with Crippen molar-refractivity contribution in [2.75, 3.05) is 13.2 Å². The lowest BCUT2D eigenvalue weighted by atomic mass is 10.1. The van der Waals surface area contributed by atoms with Gasteiger partial charge in [0.05, 0.1) is 6.61 Å². The fourth-order valence-corrected chi connectivity index (χ4v) is 4.68. The van der Waals surface area contributed by atoms with Crippen LogP contribution in [0.2, 0.25) is 0 Å². The van der Waals surface area contributed by atoms with Crippen LogP contribution in [0.3, 0.4) is 0 Å². The Hall–Kier alpha value is -2.10. The Labute approximate surface area is 260 Å². The summed E-state index contributed by atoms with van der Waals surface area (Å²) in [6, 6.07) is 0. The SMILES string of the molecule is CCCCC/C=C\C/C=C\CCCCCCCCOC(=O)CNC(=O)CCCCCCC/C=C\C/C=C\CCCCC. The minimum Gasteiger partial charge on any atom is -0.464 e. The Kier molecular flexibility index (Phi) is 33.3. The lowest BCUT2D eigenvalue weighted by Gasteiger charge is -2.07. The molecule has 242 valence electrons. The first-order chi connectivity index (χ1) is 20.7. The molecular formula is C38H67NO3. The van der Waals surface area contributed by atoms with E-state index in [0.29, 0.717) is 13.0 Å². The van der Waals surface area contributed by atoms with E-state index >= 15 is 0 Å². The van der Waals surface area contributed by atoms with Crippen LogP contribution in [0.5, 0.6) is 0 Å². The van der Waals surface area contributed by atoms with Crippen LogP contribution in [0.4, 0.5) is 0 Å². The Morgan fingerprint density at radius 1 is 0.500 bits per heavy atom. The van der Waals surface area contributed by atoms with E-state index in [1.54, 1.807) is 0 Å². The van der Waals surface area contributed by atoms with Crippen molar-refractivity contribution >= 4 is 11.9 Å². The zero-order chi connectivity index (χ0) is 30.6. The van der Waals surface area contributed by atoms with Gasteiger partial charge in [0.25, 0.3) is 0 Å². The van der Waals surface area contributed by atoms with E-state index in [0.717, 1.165) is 51.4 Å². The Morgan fingerprint density at radius 3 is 1.38 bits per heavy atom. The Bertz CT molecular complexity index is 707. The molecule has 0 aliphatic carbocycles. The van der Waals surface area contributed by atoms with E-state index in [1.807, 2.05) is 0 Å². The summed E-state index contributed by atoms with van der Waals surface area (Å²) in [7, 11) is 0. The maximum Gasteiger partial charge on any atom is 0.325 e. The van der Waals surface area contributed by atoms with Gasteiger partial charge in [0, 0.05) is 6.42 Å². The normalized spacial score (nSPS) is 12.0. The van der Waals surface area contributed by atoms with Crippen LogP contribution in [0.15, 0.2) is 48.6 Å². The highest BCUT2D eigenvalue weighted by Crippen LogP contribution is 2.09. The smallest absolute Gasteiger partial charge is 0.325 e. The van der Waals surface area contributed by atoms with Crippen molar-refractivity contribution in [1.29, 1.82) is 0 Å². The highest BCUT2D eigenvalue weighted by atomic mass is 16.5. The molecule has 0 fully saturated rings. The molecule has 1 N–H and O–H groups in total. The molecule has 0 aromatic heterocycles. The predicted molar refractivity (Wildman–Crippen MR) is 183 cm³/mol. The third-order valence-electron chi connectivity index (χ3n) is 7.39. The van der Waals surface area contributed by atoms with Crippen LogP contribution in [-0.2, 0) is 14.3 Å². The number of esters is 1. The summed E-state index contributed by atoms with van der Waals surface area (Å²) >= 11 is 0. The number of hydrogen-bond donors (Lipinski definition) is 1. The van der Waals surface area contributed by atoms with Gasteiger partial charge in [0.1, 0.15) is 6.54 Å². The minimum absolute atomic E-state index is 0.0126. The lowest BCUT2D eigenvalue weighted by molar-refractivity contribution is -0.144. The molecule has 0 aromatic rings. The quantitative estimate of drug-likeness (QED) is 0.0500. The van der Waals surface area contributed by atoms with E-state index in [1.165, 1.54) is 96.3 Å². The monoisotopic (exact) mass is 586 g/mol. The molecule has 0 saturated carbocycles. The summed E-state index contributed by atoms with van der Waals surface area (Å²) in [4.78, 5) is 23.8. The van der Waals surface area contributed by atoms with Crippen molar-refractivity contribution in [3.8, 4) is 0 Å². The van der Waals surface area contributed by atoms with Crippen molar-refractivity contribution in [2.45, 2.75) is 168 Å². The molecule has 0 radical (unpaired) electrons. The van der Waals surface area contributed by atoms with Gasteiger partial charge in [0.2, 0.25) is 5.91 Å². The second kappa shape index (κ2) is 35.1. The molecule has 1 amide bonds. The topological polar surface area (TPSA) is 55.4 Å². The molecule has 0 atom stereocenters. The number of carbonyl (C=O) groups is 2. The summed E-state index contributed by atoms with van der Waals surface area (Å²) in [6.45, 7) is 4.93. The van der Waals surface area contributed by atoms with E-state index in [9.17, 15) is 9.59 Å². The van der Waals surface area contributed by atoms with Crippen molar-refractivity contribution in [3.05, 3.63) is 48.6 Å². The minimum atomic E-state index is -0.328. The molecule has 42 heavy (non-hydrogen) atoms. The Morgan fingerprint density at radius 2 is 0.905 bits per heavy atom. The number of carbonyl (C=O) groups excluding carboxylic acids is 2. The maximum atomic E-state index is 12.0. The van der Waals surface area contributed by atoms with Gasteiger partial charge in [-0.25, -0.2) is 0 Å². The highest BCUT2D eigenvalue weighted by Gasteiger charge is 2.06. The first kappa shape index (κ1) is 39.9. The molecule has 0 aliphatic rings. The molecule has 0 bridgehead atoms. The number of hydrogen-bond acceptors (Lipinski definition) is 3. The molecule has 0 aliphatic heterocycles. The molecular weight excluding hydrogens is 518 g/mol. The maximum absolute atomic E-state index is 12.0. The highest BCUT2D eigenvalue weighted by molar-refractivity contribution is 5.81. The van der Waals surface area contributed by atoms with E-state index in [4.69, 9.17) is 4.74 Å². The number of nitrogens with one attached hydrogen (secondary N) is 1. The third kappa shape index (κ3) is 34.1. The molecule has 0 aromatic carbocycles. The van der Waals surface area contributed by atoms with Crippen LogP contribution < -0.4 is 5.32 Å². The zero-order valence-corrected chi connectivity index (χ0v) is 27.7. The summed E-state index contributed by atoms with van der Waals surface area (Å²) in [5.74, 6) is -0.377. The first-order valence-corrected chi connectivity index (χ1v) is 17.7. The molecule has 4 nitrogen and oxygen atoms in total. The van der Waals surface area contributed by atoms with Crippen molar-refractivity contribution < 1.29 is 14.3 Å². The second-order valence-corrected chi connectivity index (χ2v) is 11.6. The van der Waals surface area contributed by atoms with Gasteiger partial charge < -0.3 is 10.1 Å². The second-order valence-electron chi connectivity index (χ2n) is 11.6. The number of amides is 1. The van der Waals surface area contributed by atoms with Crippen LogP contribution in [0.25, 0.3) is 0 Å². The van der Waals surface area contributed by atoms with Crippen LogP contribution >= 0.6 is 0 Å². The number of allylic oxidation sites excluding steroid dienone is 8. The summed E-state index contributed by atoms with van der Waals surface area (Å²) in [6.07, 6.45) is 46.0. The third-order valence-corrected chi connectivity index (χ3v) is 7.39. The fraction of sp³-hybridized carbons (Fsp3) is 0.737. The lowest BCUT2D eigenvalue weighted by Crippen LogP contribution is -2.30. The van der Waals surface area contributed by atoms with Gasteiger partial charge in [-0.3, -0.25) is 9.59 Å². The van der Waals surface area contributed by atoms with E-state index in [-0.39, 0.29) is 18.4 Å². The van der Waals surface area contributed by atoms with Crippen molar-refractivity contribution in [1.82, 2.24) is 5.32 Å². The van der Waals surface area contributed by atoms with Crippen LogP contribution in [-0.4, -0.2) is 25.0 Å². The Balaban J connectivity index is 3.40. The van der Waals surface area contributed by atoms with Crippen LogP contribution in [0.1, 0.15) is 168 Å². The van der Waals surface area contributed by atoms with Gasteiger partial charge >= 0.3 is 5.97 Å². The number of rotatable bonds is 31. The zero-order valence-electron chi connectivity index (χ0n) is 27.7. The molecule has 4 heteroatoms. The van der Waals surface area contributed by atoms with E-state index < -0.39 is 0 Å². The summed E-state index contributed by atoms with van der Waals surface area (Å²) in [5.41, 5.74) is 0. The van der Waals surface area contributed by atoms with Crippen LogP contribution in [0, 0.1) is 0 Å². The molecule has 0 spiro atoms. The fourth-order valence-electron chi connectivity index (χ4n) is 4.68. The average Bonchev–Trinajstić information content (AvgIpc) is 2.99. The molecule has 0 heterocycles. The number of ether oxygens (including phenoxy) is 1. The summed E-state index contributed by atoms with van der Waals surface area (Å²) < 4.78 is 5.27. The average molecular weight is 586 g/mol. The standard InChI is InChI=1S/C38H67NO3/c1-3-5-7-9-11-13-15-17-19-21-23-25-27-29-31-33-35-42-38(41)36-39-37(40)34-32-30-28-26-24-22-20-18-16-14-12-10-8-6-4-2/h11-14,17-20H,3-10,15-16,21-36H2,1-2H3,(H,39,40)/b13-11-,14-12-,19-17-,20-18-. The van der Waals surface area contributed by atoms with Gasteiger partial charge in [0.15, 0.2) is 0 Å². The van der Waals surface area contributed by atoms with Gasteiger partial charge in [-0.15, -0.1) is 0 Å². The van der Waals surface area contributed by atoms with Crippen molar-refractivity contribution in [2.24, 2.45) is 0 Å². The number of unbranched alkanes of at least 4 members (excludes halogenated alkanes) is 17. The predicted octanol–water partition coefficient (Wildman–Crippen LogP) is 11.3. The van der Waals surface area contributed by atoms with Gasteiger partial charge in [-0.05, 0) is 77.0 Å². The molecule has 0 rings (SSSR count). The molecule has 0 unspecified atom stereocenters. The van der Waals surface area contributed by atoms with Crippen molar-refractivity contribution in [3.63, 3.8) is 0 Å². The van der Waals surface area contributed by atoms with Gasteiger partial charge in [-0.2, -0.15) is 0 Å².